The maximum absolute atomic E-state index is 12.5. The van der Waals surface area contributed by atoms with E-state index in [9.17, 15) is 14.7 Å². The molecule has 9 nitrogen and oxygen atoms in total. The van der Waals surface area contributed by atoms with Gasteiger partial charge in [0.25, 0.3) is 0 Å². The number of ether oxygens (including phenoxy) is 1. The van der Waals surface area contributed by atoms with E-state index < -0.39 is 12.0 Å². The molecule has 2 aromatic carbocycles. The lowest BCUT2D eigenvalue weighted by Crippen LogP contribution is -2.32. The van der Waals surface area contributed by atoms with Gasteiger partial charge in [-0.25, -0.2) is 9.78 Å². The second kappa shape index (κ2) is 10.3. The standard InChI is InChI=1S/C25H27N5O4/c1-3-34-24(33)20-13-26-25(29-23(20)28-21(15-31)16-7-5-4-6-8-16)27-19-10-9-17-12-22(32)30(2)14-18(17)11-19/h4-11,13,21,31H,3,12,14-15H2,1-2H3,(H2,26,27,28,29)/t21-/m1/s1. The van der Waals surface area contributed by atoms with Crippen molar-refractivity contribution in [2.24, 2.45) is 0 Å². The lowest BCUT2D eigenvalue weighted by atomic mass is 9.99. The molecule has 0 bridgehead atoms. The summed E-state index contributed by atoms with van der Waals surface area (Å²) < 4.78 is 5.15. The monoisotopic (exact) mass is 461 g/mol. The molecule has 9 heteroatoms. The van der Waals surface area contributed by atoms with E-state index in [0.717, 1.165) is 22.4 Å². The van der Waals surface area contributed by atoms with E-state index in [2.05, 4.69) is 20.6 Å². The van der Waals surface area contributed by atoms with Crippen molar-refractivity contribution in [3.63, 3.8) is 0 Å². The van der Waals surface area contributed by atoms with Crippen LogP contribution < -0.4 is 10.6 Å². The van der Waals surface area contributed by atoms with Gasteiger partial charge in [0.2, 0.25) is 11.9 Å². The summed E-state index contributed by atoms with van der Waals surface area (Å²) in [5.74, 6) is 0.0732. The Morgan fingerprint density at radius 3 is 2.74 bits per heavy atom. The average Bonchev–Trinajstić information content (AvgIpc) is 2.84. The highest BCUT2D eigenvalue weighted by Gasteiger charge is 2.22. The first-order valence-corrected chi connectivity index (χ1v) is 11.1. The van der Waals surface area contributed by atoms with E-state index >= 15 is 0 Å². The molecule has 4 rings (SSSR count). The van der Waals surface area contributed by atoms with Crippen LogP contribution in [0, 0.1) is 0 Å². The number of rotatable bonds is 8. The third-order valence-corrected chi connectivity index (χ3v) is 5.62. The van der Waals surface area contributed by atoms with E-state index in [1.165, 1.54) is 6.20 Å². The normalized spacial score (nSPS) is 13.7. The Kier molecular flexibility index (Phi) is 7.03. The first kappa shape index (κ1) is 23.2. The van der Waals surface area contributed by atoms with Crippen molar-refractivity contribution >= 4 is 29.3 Å². The second-order valence-electron chi connectivity index (χ2n) is 8.00. The van der Waals surface area contributed by atoms with Crippen LogP contribution in [-0.2, 0) is 22.5 Å². The molecule has 0 aliphatic carbocycles. The van der Waals surface area contributed by atoms with Gasteiger partial charge in [0.05, 0.1) is 25.7 Å². The van der Waals surface area contributed by atoms with Crippen molar-refractivity contribution in [3.8, 4) is 0 Å². The molecule has 0 spiro atoms. The van der Waals surface area contributed by atoms with Crippen LogP contribution in [0.1, 0.15) is 40.0 Å². The average molecular weight is 462 g/mol. The van der Waals surface area contributed by atoms with Crippen molar-refractivity contribution in [1.82, 2.24) is 14.9 Å². The Labute approximate surface area is 197 Å². The van der Waals surface area contributed by atoms with Gasteiger partial charge >= 0.3 is 5.97 Å². The molecule has 2 heterocycles. The van der Waals surface area contributed by atoms with Crippen LogP contribution in [0.3, 0.4) is 0 Å². The number of benzene rings is 2. The van der Waals surface area contributed by atoms with Gasteiger partial charge in [0.1, 0.15) is 11.4 Å². The van der Waals surface area contributed by atoms with E-state index in [4.69, 9.17) is 4.74 Å². The number of aromatic nitrogens is 2. The van der Waals surface area contributed by atoms with Crippen LogP contribution in [0.5, 0.6) is 0 Å². The Morgan fingerprint density at radius 1 is 1.21 bits per heavy atom. The molecule has 0 saturated carbocycles. The first-order valence-electron chi connectivity index (χ1n) is 11.1. The summed E-state index contributed by atoms with van der Waals surface area (Å²) in [6.07, 6.45) is 1.78. The van der Waals surface area contributed by atoms with Crippen LogP contribution in [0.4, 0.5) is 17.5 Å². The third-order valence-electron chi connectivity index (χ3n) is 5.62. The predicted molar refractivity (Wildman–Crippen MR) is 128 cm³/mol. The fourth-order valence-corrected chi connectivity index (χ4v) is 3.79. The quantitative estimate of drug-likeness (QED) is 0.438. The van der Waals surface area contributed by atoms with Crippen molar-refractivity contribution in [2.75, 3.05) is 30.9 Å². The van der Waals surface area contributed by atoms with Crippen molar-refractivity contribution < 1.29 is 19.4 Å². The molecule has 1 aliphatic rings. The highest BCUT2D eigenvalue weighted by atomic mass is 16.5. The fourth-order valence-electron chi connectivity index (χ4n) is 3.79. The molecule has 0 fully saturated rings. The van der Waals surface area contributed by atoms with Crippen LogP contribution in [0.25, 0.3) is 0 Å². The number of amides is 1. The summed E-state index contributed by atoms with van der Waals surface area (Å²) in [4.78, 5) is 34.9. The lowest BCUT2D eigenvalue weighted by Gasteiger charge is -2.25. The number of aliphatic hydroxyl groups is 1. The molecule has 0 unspecified atom stereocenters. The Bertz CT molecular complexity index is 1190. The summed E-state index contributed by atoms with van der Waals surface area (Å²) in [5.41, 5.74) is 3.84. The van der Waals surface area contributed by atoms with Crippen LogP contribution in [-0.4, -0.2) is 52.1 Å². The second-order valence-corrected chi connectivity index (χ2v) is 8.00. The first-order chi connectivity index (χ1) is 16.5. The van der Waals surface area contributed by atoms with Gasteiger partial charge in [0.15, 0.2) is 0 Å². The summed E-state index contributed by atoms with van der Waals surface area (Å²) >= 11 is 0. The number of anilines is 3. The number of hydrogen-bond acceptors (Lipinski definition) is 8. The van der Waals surface area contributed by atoms with Crippen molar-refractivity contribution in [1.29, 1.82) is 0 Å². The Morgan fingerprint density at radius 2 is 2.00 bits per heavy atom. The summed E-state index contributed by atoms with van der Waals surface area (Å²) in [5, 5.41) is 16.3. The van der Waals surface area contributed by atoms with Gasteiger partial charge in [-0.15, -0.1) is 0 Å². The minimum absolute atomic E-state index is 0.0960. The number of carbonyl (C=O) groups excluding carboxylic acids is 2. The molecule has 1 atom stereocenters. The molecule has 176 valence electrons. The molecule has 1 aliphatic heterocycles. The van der Waals surface area contributed by atoms with Gasteiger partial charge in [0, 0.05) is 25.5 Å². The molecule has 3 aromatic rings. The highest BCUT2D eigenvalue weighted by molar-refractivity contribution is 5.94. The lowest BCUT2D eigenvalue weighted by molar-refractivity contribution is -0.130. The number of likely N-dealkylation sites (N-methyl/N-ethyl adjacent to an activating group) is 1. The predicted octanol–water partition coefficient (Wildman–Crippen LogP) is 3.06. The van der Waals surface area contributed by atoms with Gasteiger partial charge in [-0.05, 0) is 35.7 Å². The maximum atomic E-state index is 12.5. The van der Waals surface area contributed by atoms with Crippen molar-refractivity contribution in [3.05, 3.63) is 77.0 Å². The van der Waals surface area contributed by atoms with E-state index in [1.807, 2.05) is 48.5 Å². The van der Waals surface area contributed by atoms with Gasteiger partial charge in [-0.1, -0.05) is 36.4 Å². The number of fused-ring (bicyclic) bond motifs is 1. The van der Waals surface area contributed by atoms with Crippen molar-refractivity contribution in [2.45, 2.75) is 25.9 Å². The fraction of sp³-hybridized carbons (Fsp3) is 0.280. The zero-order valence-electron chi connectivity index (χ0n) is 19.1. The summed E-state index contributed by atoms with van der Waals surface area (Å²) in [7, 11) is 1.78. The minimum Gasteiger partial charge on any atom is -0.462 e. The molecular weight excluding hydrogens is 434 g/mol. The largest absolute Gasteiger partial charge is 0.462 e. The summed E-state index contributed by atoms with van der Waals surface area (Å²) in [6.45, 7) is 2.28. The van der Waals surface area contributed by atoms with Gasteiger partial charge < -0.3 is 25.4 Å². The van der Waals surface area contributed by atoms with E-state index in [0.29, 0.717) is 13.0 Å². The summed E-state index contributed by atoms with van der Waals surface area (Å²) in [6, 6.07) is 14.7. The van der Waals surface area contributed by atoms with E-state index in [1.54, 1.807) is 18.9 Å². The smallest absolute Gasteiger partial charge is 0.343 e. The number of nitrogens with zero attached hydrogens (tertiary/aromatic N) is 3. The van der Waals surface area contributed by atoms with Crippen LogP contribution >= 0.6 is 0 Å². The van der Waals surface area contributed by atoms with Gasteiger partial charge in [-0.2, -0.15) is 4.98 Å². The molecule has 34 heavy (non-hydrogen) atoms. The molecule has 1 amide bonds. The topological polar surface area (TPSA) is 117 Å². The SMILES string of the molecule is CCOC(=O)c1cnc(Nc2ccc3c(c2)CN(C)C(=O)C3)nc1N[C@H](CO)c1ccccc1. The van der Waals surface area contributed by atoms with Crippen LogP contribution in [0.15, 0.2) is 54.7 Å². The molecule has 0 radical (unpaired) electrons. The third kappa shape index (κ3) is 5.15. The van der Waals surface area contributed by atoms with Gasteiger partial charge in [-0.3, -0.25) is 4.79 Å². The van der Waals surface area contributed by atoms with E-state index in [-0.39, 0.29) is 36.5 Å². The minimum atomic E-state index is -0.553. The molecule has 0 saturated heterocycles. The number of esters is 1. The number of aliphatic hydroxyl groups excluding tert-OH is 1. The Hall–Kier alpha value is -3.98. The zero-order chi connectivity index (χ0) is 24.1. The molecular formula is C25H27N5O4. The molecule has 1 aromatic heterocycles. The van der Waals surface area contributed by atoms with Crippen LogP contribution in [0.2, 0.25) is 0 Å². The number of hydrogen-bond donors (Lipinski definition) is 3. The number of carbonyl (C=O) groups is 2. The number of nitrogens with one attached hydrogen (secondary N) is 2. The highest BCUT2D eigenvalue weighted by Crippen LogP contribution is 2.26. The Balaban J connectivity index is 1.62. The maximum Gasteiger partial charge on any atom is 0.343 e. The molecule has 3 N–H and O–H groups in total. The zero-order valence-corrected chi connectivity index (χ0v) is 19.1.